The first-order valence-corrected chi connectivity index (χ1v) is 9.62. The molecule has 0 aliphatic heterocycles. The molecule has 144 valence electrons. The fourth-order valence-electron chi connectivity index (χ4n) is 2.46. The molecule has 0 saturated heterocycles. The Kier molecular flexibility index (Phi) is 7.03. The lowest BCUT2D eigenvalue weighted by Gasteiger charge is -2.14. The van der Waals surface area contributed by atoms with E-state index in [9.17, 15) is 4.39 Å². The van der Waals surface area contributed by atoms with Crippen LogP contribution in [0.5, 0.6) is 11.5 Å². The van der Waals surface area contributed by atoms with Gasteiger partial charge in [-0.05, 0) is 64.8 Å². The first kappa shape index (κ1) is 19.9. The molecule has 0 aliphatic rings. The molecule has 28 heavy (non-hydrogen) atoms. The van der Waals surface area contributed by atoms with Gasteiger partial charge in [0.1, 0.15) is 12.4 Å². The smallest absolute Gasteiger partial charge is 0.162 e. The molecule has 0 unspecified atom stereocenters. The van der Waals surface area contributed by atoms with Crippen molar-refractivity contribution in [1.29, 1.82) is 0 Å². The number of benzene rings is 3. The van der Waals surface area contributed by atoms with Crippen molar-refractivity contribution in [3.63, 3.8) is 0 Å². The molecule has 3 rings (SSSR count). The number of nitrogens with one attached hydrogen (secondary N) is 1. The van der Waals surface area contributed by atoms with E-state index in [0.29, 0.717) is 24.7 Å². The summed E-state index contributed by atoms with van der Waals surface area (Å²) in [5, 5.41) is 4.27. The van der Waals surface area contributed by atoms with Gasteiger partial charge in [0, 0.05) is 10.0 Å². The maximum absolute atomic E-state index is 13.0. The molecule has 0 heterocycles. The molecule has 3 aromatic rings. The summed E-state index contributed by atoms with van der Waals surface area (Å²) in [5.41, 5.74) is 5.61. The largest absolute Gasteiger partial charge is 0.490 e. The summed E-state index contributed by atoms with van der Waals surface area (Å²) in [5.74, 6) is 0.953. The molecule has 0 radical (unpaired) electrons. The Labute approximate surface area is 172 Å². The van der Waals surface area contributed by atoms with Crippen molar-refractivity contribution in [3.8, 4) is 11.5 Å². The van der Waals surface area contributed by atoms with Crippen molar-refractivity contribution in [2.24, 2.45) is 5.10 Å². The van der Waals surface area contributed by atoms with E-state index in [1.54, 1.807) is 18.3 Å². The van der Waals surface area contributed by atoms with E-state index in [4.69, 9.17) is 9.47 Å². The molecule has 0 amide bonds. The Morgan fingerprint density at radius 3 is 2.43 bits per heavy atom. The maximum Gasteiger partial charge on any atom is 0.162 e. The number of nitrogens with zero attached hydrogens (tertiary/aromatic N) is 1. The Bertz CT molecular complexity index is 931. The Morgan fingerprint density at radius 2 is 1.71 bits per heavy atom. The van der Waals surface area contributed by atoms with Crippen LogP contribution >= 0.6 is 15.9 Å². The predicted molar refractivity (Wildman–Crippen MR) is 114 cm³/mol. The fraction of sp³-hybridized carbons (Fsp3) is 0.136. The van der Waals surface area contributed by atoms with Crippen molar-refractivity contribution in [3.05, 3.63) is 88.1 Å². The van der Waals surface area contributed by atoms with Gasteiger partial charge < -0.3 is 9.47 Å². The molecule has 6 heteroatoms. The van der Waals surface area contributed by atoms with Crippen molar-refractivity contribution in [2.45, 2.75) is 13.5 Å². The number of hydrogen-bond donors (Lipinski definition) is 1. The van der Waals surface area contributed by atoms with Crippen LogP contribution in [0.4, 0.5) is 10.1 Å². The number of para-hydroxylation sites is 1. The van der Waals surface area contributed by atoms with Crippen molar-refractivity contribution in [1.82, 2.24) is 0 Å². The molecule has 0 aliphatic carbocycles. The predicted octanol–water partition coefficient (Wildman–Crippen LogP) is 6.01. The highest BCUT2D eigenvalue weighted by Crippen LogP contribution is 2.34. The third-order valence-electron chi connectivity index (χ3n) is 3.84. The Balaban J connectivity index is 1.74. The van der Waals surface area contributed by atoms with Gasteiger partial charge in [-0.2, -0.15) is 5.10 Å². The highest BCUT2D eigenvalue weighted by Gasteiger charge is 2.10. The molecule has 0 aromatic heterocycles. The third kappa shape index (κ3) is 5.57. The number of halogens is 2. The molecule has 3 aromatic carbocycles. The zero-order valence-corrected chi connectivity index (χ0v) is 16.9. The minimum absolute atomic E-state index is 0.269. The number of hydrazone groups is 1. The average molecular weight is 443 g/mol. The summed E-state index contributed by atoms with van der Waals surface area (Å²) in [4.78, 5) is 0. The molecule has 0 fully saturated rings. The van der Waals surface area contributed by atoms with Gasteiger partial charge in [-0.15, -0.1) is 0 Å². The molecular weight excluding hydrogens is 423 g/mol. The van der Waals surface area contributed by atoms with Crippen LogP contribution in [0.3, 0.4) is 0 Å². The number of rotatable bonds is 8. The Morgan fingerprint density at radius 1 is 1.00 bits per heavy atom. The van der Waals surface area contributed by atoms with Crippen molar-refractivity contribution < 1.29 is 13.9 Å². The van der Waals surface area contributed by atoms with Gasteiger partial charge >= 0.3 is 0 Å². The second-order valence-electron chi connectivity index (χ2n) is 5.90. The number of anilines is 1. The standard InChI is InChI=1S/C22H20BrFN2O2/c1-2-27-21-12-17(14-25-26-19-6-4-3-5-7-19)20(23)13-22(21)28-15-16-8-10-18(24)11-9-16/h3-14,26H,2,15H2,1H3/b25-14+. The van der Waals surface area contributed by atoms with Gasteiger partial charge in [0.2, 0.25) is 0 Å². The van der Waals surface area contributed by atoms with E-state index in [1.807, 2.05) is 49.4 Å². The van der Waals surface area contributed by atoms with Gasteiger partial charge in [-0.25, -0.2) is 4.39 Å². The fourth-order valence-corrected chi connectivity index (χ4v) is 2.89. The average Bonchev–Trinajstić information content (AvgIpc) is 2.71. The molecule has 4 nitrogen and oxygen atoms in total. The van der Waals surface area contributed by atoms with E-state index in [2.05, 4.69) is 26.5 Å². The summed E-state index contributed by atoms with van der Waals surface area (Å²) in [7, 11) is 0. The summed E-state index contributed by atoms with van der Waals surface area (Å²) in [6.07, 6.45) is 1.71. The minimum Gasteiger partial charge on any atom is -0.490 e. The van der Waals surface area contributed by atoms with Crippen LogP contribution in [0.15, 0.2) is 76.3 Å². The summed E-state index contributed by atoms with van der Waals surface area (Å²) >= 11 is 3.55. The zero-order chi connectivity index (χ0) is 19.8. The van der Waals surface area contributed by atoms with Crippen LogP contribution in [0.1, 0.15) is 18.1 Å². The van der Waals surface area contributed by atoms with E-state index < -0.39 is 0 Å². The van der Waals surface area contributed by atoms with Crippen LogP contribution in [-0.4, -0.2) is 12.8 Å². The van der Waals surface area contributed by atoms with Crippen LogP contribution in [-0.2, 0) is 6.61 Å². The minimum atomic E-state index is -0.269. The first-order chi connectivity index (χ1) is 13.7. The van der Waals surface area contributed by atoms with E-state index in [0.717, 1.165) is 21.3 Å². The van der Waals surface area contributed by atoms with Crippen LogP contribution < -0.4 is 14.9 Å². The van der Waals surface area contributed by atoms with Gasteiger partial charge in [-0.3, -0.25) is 5.43 Å². The second kappa shape index (κ2) is 9.90. The molecule has 0 spiro atoms. The van der Waals surface area contributed by atoms with E-state index >= 15 is 0 Å². The molecule has 0 saturated carbocycles. The lowest BCUT2D eigenvalue weighted by Crippen LogP contribution is -2.01. The van der Waals surface area contributed by atoms with Gasteiger partial charge in [0.15, 0.2) is 11.5 Å². The summed E-state index contributed by atoms with van der Waals surface area (Å²) < 4.78 is 25.5. The van der Waals surface area contributed by atoms with Crippen LogP contribution in [0.25, 0.3) is 0 Å². The molecule has 1 N–H and O–H groups in total. The lowest BCUT2D eigenvalue weighted by molar-refractivity contribution is 0.269. The molecular formula is C22H20BrFN2O2. The number of ether oxygens (including phenoxy) is 2. The quantitative estimate of drug-likeness (QED) is 0.343. The maximum atomic E-state index is 13.0. The topological polar surface area (TPSA) is 42.8 Å². The summed E-state index contributed by atoms with van der Waals surface area (Å²) in [6, 6.07) is 19.6. The van der Waals surface area contributed by atoms with E-state index in [1.165, 1.54) is 12.1 Å². The second-order valence-corrected chi connectivity index (χ2v) is 6.76. The normalized spacial score (nSPS) is 10.8. The third-order valence-corrected chi connectivity index (χ3v) is 4.53. The van der Waals surface area contributed by atoms with Crippen LogP contribution in [0, 0.1) is 5.82 Å². The highest BCUT2D eigenvalue weighted by molar-refractivity contribution is 9.10. The number of hydrogen-bond acceptors (Lipinski definition) is 4. The Hall–Kier alpha value is -2.86. The zero-order valence-electron chi connectivity index (χ0n) is 15.4. The van der Waals surface area contributed by atoms with Gasteiger partial charge in [0.25, 0.3) is 0 Å². The van der Waals surface area contributed by atoms with Gasteiger partial charge in [-0.1, -0.05) is 30.3 Å². The SMILES string of the molecule is CCOc1cc(/C=N/Nc2ccccc2)c(Br)cc1OCc1ccc(F)cc1. The van der Waals surface area contributed by atoms with Crippen molar-refractivity contribution >= 4 is 27.8 Å². The summed E-state index contributed by atoms with van der Waals surface area (Å²) in [6.45, 7) is 2.74. The van der Waals surface area contributed by atoms with E-state index in [-0.39, 0.29) is 5.82 Å². The van der Waals surface area contributed by atoms with Crippen molar-refractivity contribution in [2.75, 3.05) is 12.0 Å². The van der Waals surface area contributed by atoms with Gasteiger partial charge in [0.05, 0.1) is 18.5 Å². The molecule has 0 bridgehead atoms. The highest BCUT2D eigenvalue weighted by atomic mass is 79.9. The van der Waals surface area contributed by atoms with Crippen LogP contribution in [0.2, 0.25) is 0 Å². The monoisotopic (exact) mass is 442 g/mol. The molecule has 0 atom stereocenters. The first-order valence-electron chi connectivity index (χ1n) is 8.83. The lowest BCUT2D eigenvalue weighted by atomic mass is 10.2.